The summed E-state index contributed by atoms with van der Waals surface area (Å²) in [6.45, 7) is 2.24. The van der Waals surface area contributed by atoms with Crippen molar-refractivity contribution in [1.82, 2.24) is 15.3 Å². The summed E-state index contributed by atoms with van der Waals surface area (Å²) in [4.78, 5) is 18.6. The van der Waals surface area contributed by atoms with Gasteiger partial charge in [-0.25, -0.2) is 9.37 Å². The van der Waals surface area contributed by atoms with E-state index in [4.69, 9.17) is 0 Å². The van der Waals surface area contributed by atoms with Crippen molar-refractivity contribution in [2.24, 2.45) is 0 Å². The minimum atomic E-state index is -0.395. The summed E-state index contributed by atoms with van der Waals surface area (Å²) in [5, 5.41) is 2.74. The number of carbonyl (C=O) groups is 1. The summed E-state index contributed by atoms with van der Waals surface area (Å²) in [7, 11) is 0. The smallest absolute Gasteiger partial charge is 0.251 e. The van der Waals surface area contributed by atoms with E-state index in [2.05, 4.69) is 15.3 Å². The third kappa shape index (κ3) is 3.16. The molecule has 2 aromatic rings. The van der Waals surface area contributed by atoms with Crippen LogP contribution in [-0.2, 0) is 6.42 Å². The fraction of sp³-hybridized carbons (Fsp3) is 0.231. The lowest BCUT2D eigenvalue weighted by Gasteiger charge is -2.05. The second kappa shape index (κ2) is 5.44. The number of rotatable bonds is 4. The monoisotopic (exact) mass is 247 g/mol. The molecule has 2 N–H and O–H groups in total. The SMILES string of the molecule is Cc1cc(F)cc(C(=O)NCCc2cnc[nH]2)c1. The zero-order valence-electron chi connectivity index (χ0n) is 10.0. The van der Waals surface area contributed by atoms with Gasteiger partial charge in [0.25, 0.3) is 5.91 Å². The van der Waals surface area contributed by atoms with Crippen LogP contribution in [0.5, 0.6) is 0 Å². The number of aromatic amines is 1. The Kier molecular flexibility index (Phi) is 3.72. The summed E-state index contributed by atoms with van der Waals surface area (Å²) < 4.78 is 13.1. The molecule has 0 unspecified atom stereocenters. The van der Waals surface area contributed by atoms with Crippen molar-refractivity contribution in [3.05, 3.63) is 53.4 Å². The Balaban J connectivity index is 1.91. The lowest BCUT2D eigenvalue weighted by Crippen LogP contribution is -2.25. The lowest BCUT2D eigenvalue weighted by atomic mass is 10.1. The lowest BCUT2D eigenvalue weighted by molar-refractivity contribution is 0.0953. The summed E-state index contributed by atoms with van der Waals surface area (Å²) in [6, 6.07) is 4.29. The van der Waals surface area contributed by atoms with Crippen LogP contribution in [0.2, 0.25) is 0 Å². The van der Waals surface area contributed by atoms with E-state index >= 15 is 0 Å². The topological polar surface area (TPSA) is 57.8 Å². The molecule has 5 heteroatoms. The Morgan fingerprint density at radius 2 is 2.28 bits per heavy atom. The number of nitrogens with one attached hydrogen (secondary N) is 2. The number of carbonyl (C=O) groups excluding carboxylic acids is 1. The normalized spacial score (nSPS) is 10.3. The molecule has 0 bridgehead atoms. The number of benzene rings is 1. The van der Waals surface area contributed by atoms with Crippen LogP contribution in [0.25, 0.3) is 0 Å². The molecule has 18 heavy (non-hydrogen) atoms. The number of imidazole rings is 1. The summed E-state index contributed by atoms with van der Waals surface area (Å²) in [5.74, 6) is -0.661. The van der Waals surface area contributed by atoms with Gasteiger partial charge in [0.05, 0.1) is 6.33 Å². The van der Waals surface area contributed by atoms with E-state index in [1.807, 2.05) is 0 Å². The van der Waals surface area contributed by atoms with Crippen molar-refractivity contribution in [1.29, 1.82) is 0 Å². The molecular weight excluding hydrogens is 233 g/mol. The molecule has 0 spiro atoms. The molecule has 0 atom stereocenters. The highest BCUT2D eigenvalue weighted by molar-refractivity contribution is 5.94. The van der Waals surface area contributed by atoms with Crippen molar-refractivity contribution in [3.63, 3.8) is 0 Å². The Labute approximate surface area is 104 Å². The number of hydrogen-bond donors (Lipinski definition) is 2. The number of halogens is 1. The predicted octanol–water partition coefficient (Wildman–Crippen LogP) is 1.83. The second-order valence-corrected chi connectivity index (χ2v) is 4.10. The Hall–Kier alpha value is -2.17. The zero-order chi connectivity index (χ0) is 13.0. The first-order chi connectivity index (χ1) is 8.65. The van der Waals surface area contributed by atoms with E-state index in [-0.39, 0.29) is 5.91 Å². The molecule has 1 aromatic heterocycles. The number of nitrogens with zero attached hydrogens (tertiary/aromatic N) is 1. The van der Waals surface area contributed by atoms with Crippen LogP contribution in [0.4, 0.5) is 4.39 Å². The molecule has 0 aliphatic carbocycles. The van der Waals surface area contributed by atoms with E-state index < -0.39 is 5.82 Å². The van der Waals surface area contributed by atoms with Gasteiger partial charge in [0.1, 0.15) is 5.82 Å². The molecule has 4 nitrogen and oxygen atoms in total. The first-order valence-corrected chi connectivity index (χ1v) is 5.68. The first kappa shape index (κ1) is 12.3. The molecule has 0 aliphatic heterocycles. The predicted molar refractivity (Wildman–Crippen MR) is 65.8 cm³/mol. The molecule has 1 aromatic carbocycles. The van der Waals surface area contributed by atoms with Crippen LogP contribution in [0.1, 0.15) is 21.6 Å². The number of hydrogen-bond acceptors (Lipinski definition) is 2. The van der Waals surface area contributed by atoms with Crippen LogP contribution in [-0.4, -0.2) is 22.4 Å². The third-order valence-corrected chi connectivity index (χ3v) is 2.54. The summed E-state index contributed by atoms with van der Waals surface area (Å²) >= 11 is 0. The van der Waals surface area contributed by atoms with Gasteiger partial charge in [-0.15, -0.1) is 0 Å². The molecule has 0 radical (unpaired) electrons. The second-order valence-electron chi connectivity index (χ2n) is 4.10. The van der Waals surface area contributed by atoms with E-state index in [1.54, 1.807) is 25.5 Å². The maximum absolute atomic E-state index is 13.1. The van der Waals surface area contributed by atoms with Crippen LogP contribution in [0, 0.1) is 12.7 Å². The van der Waals surface area contributed by atoms with Gasteiger partial charge in [-0.3, -0.25) is 4.79 Å². The van der Waals surface area contributed by atoms with E-state index in [0.717, 1.165) is 11.3 Å². The van der Waals surface area contributed by atoms with Crippen molar-refractivity contribution in [3.8, 4) is 0 Å². The third-order valence-electron chi connectivity index (χ3n) is 2.54. The van der Waals surface area contributed by atoms with E-state index in [1.165, 1.54) is 12.1 Å². The summed E-state index contributed by atoms with van der Waals surface area (Å²) in [5.41, 5.74) is 2.02. The van der Waals surface area contributed by atoms with Gasteiger partial charge in [-0.1, -0.05) is 0 Å². The Morgan fingerprint density at radius 1 is 1.44 bits per heavy atom. The summed E-state index contributed by atoms with van der Waals surface area (Å²) in [6.07, 6.45) is 3.96. The van der Waals surface area contributed by atoms with Crippen LogP contribution in [0.15, 0.2) is 30.7 Å². The van der Waals surface area contributed by atoms with E-state index in [0.29, 0.717) is 18.5 Å². The average Bonchev–Trinajstić information content (AvgIpc) is 2.80. The Bertz CT molecular complexity index is 517. The number of aryl methyl sites for hydroxylation is 1. The van der Waals surface area contributed by atoms with Crippen molar-refractivity contribution >= 4 is 5.91 Å². The minimum absolute atomic E-state index is 0.267. The molecule has 2 rings (SSSR count). The van der Waals surface area contributed by atoms with Crippen molar-refractivity contribution in [2.45, 2.75) is 13.3 Å². The van der Waals surface area contributed by atoms with Crippen molar-refractivity contribution in [2.75, 3.05) is 6.54 Å². The van der Waals surface area contributed by atoms with Gasteiger partial charge in [-0.05, 0) is 30.7 Å². The fourth-order valence-electron chi connectivity index (χ4n) is 1.70. The molecule has 94 valence electrons. The standard InChI is InChI=1S/C13H14FN3O/c1-9-4-10(6-11(14)5-9)13(18)16-3-2-12-7-15-8-17-12/h4-8H,2-3H2,1H3,(H,15,17)(H,16,18). The number of amides is 1. The number of H-pyrrole nitrogens is 1. The zero-order valence-corrected chi connectivity index (χ0v) is 10.0. The van der Waals surface area contributed by atoms with E-state index in [9.17, 15) is 9.18 Å². The minimum Gasteiger partial charge on any atom is -0.352 e. The van der Waals surface area contributed by atoms with Crippen molar-refractivity contribution < 1.29 is 9.18 Å². The molecule has 1 amide bonds. The molecular formula is C13H14FN3O. The molecule has 0 fully saturated rings. The maximum atomic E-state index is 13.1. The van der Waals surface area contributed by atoms with Gasteiger partial charge < -0.3 is 10.3 Å². The highest BCUT2D eigenvalue weighted by atomic mass is 19.1. The molecule has 0 saturated heterocycles. The molecule has 1 heterocycles. The highest BCUT2D eigenvalue weighted by Gasteiger charge is 2.07. The largest absolute Gasteiger partial charge is 0.352 e. The molecule has 0 saturated carbocycles. The van der Waals surface area contributed by atoms with Gasteiger partial charge in [0, 0.05) is 30.4 Å². The first-order valence-electron chi connectivity index (χ1n) is 5.68. The van der Waals surface area contributed by atoms with Gasteiger partial charge in [0.2, 0.25) is 0 Å². The van der Waals surface area contributed by atoms with Gasteiger partial charge >= 0.3 is 0 Å². The average molecular weight is 247 g/mol. The maximum Gasteiger partial charge on any atom is 0.251 e. The van der Waals surface area contributed by atoms with Gasteiger partial charge in [-0.2, -0.15) is 0 Å². The fourth-order valence-corrected chi connectivity index (χ4v) is 1.70. The Morgan fingerprint density at radius 3 is 2.94 bits per heavy atom. The number of aromatic nitrogens is 2. The van der Waals surface area contributed by atoms with Crippen LogP contribution < -0.4 is 5.32 Å². The van der Waals surface area contributed by atoms with Crippen LogP contribution in [0.3, 0.4) is 0 Å². The molecule has 0 aliphatic rings. The quantitative estimate of drug-likeness (QED) is 0.866. The highest BCUT2D eigenvalue weighted by Crippen LogP contribution is 2.08. The van der Waals surface area contributed by atoms with Crippen LogP contribution >= 0.6 is 0 Å². The van der Waals surface area contributed by atoms with Gasteiger partial charge in [0.15, 0.2) is 0 Å².